The quantitative estimate of drug-likeness (QED) is 0.910. The van der Waals surface area contributed by atoms with Gasteiger partial charge in [-0.2, -0.15) is 0 Å². The summed E-state index contributed by atoms with van der Waals surface area (Å²) in [4.78, 5) is 0. The molecule has 2 heterocycles. The lowest BCUT2D eigenvalue weighted by Crippen LogP contribution is -2.45. The van der Waals surface area contributed by atoms with Crippen LogP contribution in [0.4, 0.5) is 4.39 Å². The molecule has 2 aliphatic rings. The summed E-state index contributed by atoms with van der Waals surface area (Å²) in [5.41, 5.74) is 1.26. The van der Waals surface area contributed by atoms with E-state index in [9.17, 15) is 9.50 Å². The highest BCUT2D eigenvalue weighted by molar-refractivity contribution is 5.26. The van der Waals surface area contributed by atoms with E-state index >= 15 is 0 Å². The zero-order valence-corrected chi connectivity index (χ0v) is 12.5. The highest BCUT2D eigenvalue weighted by atomic mass is 19.1. The molecule has 0 aromatic heterocycles. The van der Waals surface area contributed by atoms with Crippen molar-refractivity contribution in [2.45, 2.75) is 44.3 Å². The summed E-state index contributed by atoms with van der Waals surface area (Å²) in [5, 5.41) is 10.7. The molecule has 1 aromatic rings. The highest BCUT2D eigenvalue weighted by Gasteiger charge is 2.41. The third-order valence-electron chi connectivity index (χ3n) is 4.91. The van der Waals surface area contributed by atoms with Crippen molar-refractivity contribution in [2.24, 2.45) is 5.92 Å². The number of rotatable bonds is 2. The van der Waals surface area contributed by atoms with E-state index < -0.39 is 6.10 Å². The first-order chi connectivity index (χ1) is 10.1. The van der Waals surface area contributed by atoms with Crippen molar-refractivity contribution < 1.29 is 19.0 Å². The van der Waals surface area contributed by atoms with Gasteiger partial charge in [-0.3, -0.25) is 0 Å². The summed E-state index contributed by atoms with van der Waals surface area (Å²) in [6.45, 7) is 3.88. The van der Waals surface area contributed by atoms with Gasteiger partial charge in [0.05, 0.1) is 11.7 Å². The first-order valence-corrected chi connectivity index (χ1v) is 7.75. The Morgan fingerprint density at radius 2 is 2.05 bits per heavy atom. The Kier molecular flexibility index (Phi) is 4.29. The molecule has 3 nitrogen and oxygen atoms in total. The van der Waals surface area contributed by atoms with E-state index in [1.807, 2.05) is 0 Å². The Morgan fingerprint density at radius 1 is 1.29 bits per heavy atom. The van der Waals surface area contributed by atoms with Gasteiger partial charge in [-0.1, -0.05) is 12.1 Å². The molecule has 0 saturated carbocycles. The highest BCUT2D eigenvalue weighted by Crippen LogP contribution is 2.41. The minimum Gasteiger partial charge on any atom is -0.388 e. The van der Waals surface area contributed by atoms with E-state index in [2.05, 4.69) is 0 Å². The molecule has 1 spiro atoms. The predicted octanol–water partition coefficient (Wildman–Crippen LogP) is 3.14. The fourth-order valence-electron chi connectivity index (χ4n) is 3.55. The van der Waals surface area contributed by atoms with Crippen LogP contribution >= 0.6 is 0 Å². The van der Waals surface area contributed by atoms with Crippen LogP contribution in [-0.2, 0) is 9.47 Å². The van der Waals surface area contributed by atoms with Gasteiger partial charge in [-0.25, -0.2) is 4.39 Å². The molecule has 0 radical (unpaired) electrons. The summed E-state index contributed by atoms with van der Waals surface area (Å²) in [7, 11) is 0. The van der Waals surface area contributed by atoms with E-state index in [0.717, 1.165) is 44.5 Å². The van der Waals surface area contributed by atoms with Gasteiger partial charge in [-0.05, 0) is 55.7 Å². The molecule has 2 fully saturated rings. The van der Waals surface area contributed by atoms with Gasteiger partial charge < -0.3 is 14.6 Å². The largest absolute Gasteiger partial charge is 0.388 e. The maximum Gasteiger partial charge on any atom is 0.126 e. The summed E-state index contributed by atoms with van der Waals surface area (Å²) in [6.07, 6.45) is 2.96. The minimum atomic E-state index is -0.548. The number of hydrogen-bond donors (Lipinski definition) is 1. The van der Waals surface area contributed by atoms with Crippen molar-refractivity contribution in [3.63, 3.8) is 0 Å². The molecule has 0 aliphatic carbocycles. The van der Waals surface area contributed by atoms with Crippen LogP contribution in [0, 0.1) is 18.7 Å². The Morgan fingerprint density at radius 3 is 2.76 bits per heavy atom. The molecular formula is C17H23FO3. The SMILES string of the molecule is Cc1cc(C(O)C2CCOC3(CCOCC3)C2)ccc1F. The van der Waals surface area contributed by atoms with E-state index in [1.54, 1.807) is 19.1 Å². The Bertz CT molecular complexity index is 491. The van der Waals surface area contributed by atoms with Crippen LogP contribution in [0.5, 0.6) is 0 Å². The number of hydrogen-bond acceptors (Lipinski definition) is 3. The standard InChI is InChI=1S/C17H23FO3/c1-12-10-13(2-3-15(12)18)16(19)14-4-7-21-17(11-14)5-8-20-9-6-17/h2-3,10,14,16,19H,4-9,11H2,1H3. The van der Waals surface area contributed by atoms with E-state index in [1.165, 1.54) is 6.07 Å². The summed E-state index contributed by atoms with van der Waals surface area (Å²) in [5.74, 6) is -0.0551. The maximum atomic E-state index is 13.4. The topological polar surface area (TPSA) is 38.7 Å². The second-order valence-electron chi connectivity index (χ2n) is 6.35. The Labute approximate surface area is 125 Å². The van der Waals surface area contributed by atoms with E-state index in [0.29, 0.717) is 12.2 Å². The van der Waals surface area contributed by atoms with Crippen LogP contribution in [0.3, 0.4) is 0 Å². The molecule has 2 atom stereocenters. The second-order valence-corrected chi connectivity index (χ2v) is 6.35. The molecule has 2 aliphatic heterocycles. The lowest BCUT2D eigenvalue weighted by atomic mass is 9.77. The fourth-order valence-corrected chi connectivity index (χ4v) is 3.55. The van der Waals surface area contributed by atoms with Crippen molar-refractivity contribution in [3.05, 3.63) is 35.1 Å². The van der Waals surface area contributed by atoms with Crippen molar-refractivity contribution in [1.82, 2.24) is 0 Å². The van der Waals surface area contributed by atoms with Crippen LogP contribution in [0.2, 0.25) is 0 Å². The number of aliphatic hydroxyl groups is 1. The van der Waals surface area contributed by atoms with Crippen molar-refractivity contribution >= 4 is 0 Å². The van der Waals surface area contributed by atoms with Crippen molar-refractivity contribution in [2.75, 3.05) is 19.8 Å². The zero-order valence-electron chi connectivity index (χ0n) is 12.5. The number of benzene rings is 1. The maximum absolute atomic E-state index is 13.4. The van der Waals surface area contributed by atoms with Crippen LogP contribution in [-0.4, -0.2) is 30.5 Å². The van der Waals surface area contributed by atoms with Gasteiger partial charge in [0.15, 0.2) is 0 Å². The molecular weight excluding hydrogens is 271 g/mol. The third-order valence-corrected chi connectivity index (χ3v) is 4.91. The van der Waals surface area contributed by atoms with Gasteiger partial charge in [0, 0.05) is 19.8 Å². The molecule has 1 aromatic carbocycles. The molecule has 21 heavy (non-hydrogen) atoms. The fraction of sp³-hybridized carbons (Fsp3) is 0.647. The monoisotopic (exact) mass is 294 g/mol. The number of halogens is 1. The lowest BCUT2D eigenvalue weighted by molar-refractivity contribution is -0.159. The van der Waals surface area contributed by atoms with Crippen LogP contribution < -0.4 is 0 Å². The number of ether oxygens (including phenoxy) is 2. The molecule has 2 unspecified atom stereocenters. The molecule has 4 heteroatoms. The van der Waals surface area contributed by atoms with E-state index in [4.69, 9.17) is 9.47 Å². The molecule has 2 saturated heterocycles. The summed E-state index contributed by atoms with van der Waals surface area (Å²) < 4.78 is 24.8. The average Bonchev–Trinajstić information content (AvgIpc) is 2.50. The number of aliphatic hydroxyl groups excluding tert-OH is 1. The average molecular weight is 294 g/mol. The molecule has 3 rings (SSSR count). The van der Waals surface area contributed by atoms with E-state index in [-0.39, 0.29) is 17.3 Å². The normalized spacial score (nSPS) is 26.7. The first kappa shape index (κ1) is 14.9. The Balaban J connectivity index is 1.74. The zero-order chi connectivity index (χ0) is 14.9. The molecule has 1 N–H and O–H groups in total. The molecule has 116 valence electrons. The molecule has 0 bridgehead atoms. The van der Waals surface area contributed by atoms with Crippen LogP contribution in [0.15, 0.2) is 18.2 Å². The number of aryl methyl sites for hydroxylation is 1. The van der Waals surface area contributed by atoms with Gasteiger partial charge in [-0.15, -0.1) is 0 Å². The van der Waals surface area contributed by atoms with Crippen LogP contribution in [0.25, 0.3) is 0 Å². The minimum absolute atomic E-state index is 0.128. The summed E-state index contributed by atoms with van der Waals surface area (Å²) >= 11 is 0. The van der Waals surface area contributed by atoms with Crippen molar-refractivity contribution in [3.8, 4) is 0 Å². The smallest absolute Gasteiger partial charge is 0.126 e. The first-order valence-electron chi connectivity index (χ1n) is 7.75. The predicted molar refractivity (Wildman–Crippen MR) is 77.6 cm³/mol. The second kappa shape index (κ2) is 6.03. The summed E-state index contributed by atoms with van der Waals surface area (Å²) in [6, 6.07) is 4.89. The van der Waals surface area contributed by atoms with Gasteiger partial charge in [0.2, 0.25) is 0 Å². The van der Waals surface area contributed by atoms with Gasteiger partial charge in [0.25, 0.3) is 0 Å². The van der Waals surface area contributed by atoms with Crippen LogP contribution in [0.1, 0.15) is 42.9 Å². The van der Waals surface area contributed by atoms with Gasteiger partial charge in [0.1, 0.15) is 5.82 Å². The molecule has 0 amide bonds. The van der Waals surface area contributed by atoms with Crippen molar-refractivity contribution in [1.29, 1.82) is 0 Å². The Hall–Kier alpha value is -0.970. The lowest BCUT2D eigenvalue weighted by Gasteiger charge is -2.44. The van der Waals surface area contributed by atoms with Gasteiger partial charge >= 0.3 is 0 Å². The third kappa shape index (κ3) is 3.12.